The van der Waals surface area contributed by atoms with Gasteiger partial charge in [0.2, 0.25) is 0 Å². The fourth-order valence-electron chi connectivity index (χ4n) is 1.98. The lowest BCUT2D eigenvalue weighted by Crippen LogP contribution is -2.12. The normalized spacial score (nSPS) is 11.4. The number of nitrogens with zero attached hydrogens (tertiary/aromatic N) is 1. The van der Waals surface area contributed by atoms with Crippen molar-refractivity contribution in [1.82, 2.24) is 4.98 Å². The average Bonchev–Trinajstić information content (AvgIpc) is 2.54. The summed E-state index contributed by atoms with van der Waals surface area (Å²) >= 11 is 0.747. The minimum Gasteiger partial charge on any atom is -0.381 e. The molecular weight excluding hydrogens is 355 g/mol. The molecule has 0 fully saturated rings. The molecule has 0 saturated carbocycles. The molecule has 1 aromatic carbocycles. The molecule has 0 spiro atoms. The topological polar surface area (TPSA) is 56.3 Å². The van der Waals surface area contributed by atoms with Crippen LogP contribution in [0.15, 0.2) is 47.5 Å². The summed E-state index contributed by atoms with van der Waals surface area (Å²) in [6, 6.07) is 8.75. The van der Waals surface area contributed by atoms with E-state index in [1.54, 1.807) is 12.1 Å². The van der Waals surface area contributed by atoms with Gasteiger partial charge in [0.15, 0.2) is 0 Å². The molecule has 2 rings (SSSR count). The van der Waals surface area contributed by atoms with Gasteiger partial charge in [0.25, 0.3) is 0 Å². The molecule has 0 aliphatic heterocycles. The van der Waals surface area contributed by atoms with E-state index in [4.69, 9.17) is 0 Å². The lowest BCUT2D eigenvalue weighted by atomic mass is 10.0. The van der Waals surface area contributed by atoms with Gasteiger partial charge in [0, 0.05) is 11.1 Å². The highest BCUT2D eigenvalue weighted by molar-refractivity contribution is 8.13. The zero-order chi connectivity index (χ0) is 18.6. The summed E-state index contributed by atoms with van der Waals surface area (Å²) in [5.41, 5.74) is -0.442. The summed E-state index contributed by atoms with van der Waals surface area (Å²) in [7, 11) is 0. The maximum atomic E-state index is 12.4. The van der Waals surface area contributed by atoms with Crippen LogP contribution in [0.2, 0.25) is 0 Å². The number of benzene rings is 1. The molecule has 0 aliphatic rings. The van der Waals surface area contributed by atoms with Crippen LogP contribution in [-0.4, -0.2) is 16.3 Å². The standard InChI is InChI=1S/C17H14F3NO3S/c1-10(2)12-5-3-4-6-13(12)25-16(23)24-15(22)11-7-8-14(21-9-11)17(18,19)20/h3-10H,1-2H3. The third kappa shape index (κ3) is 5.06. The Hall–Kier alpha value is -2.35. The van der Waals surface area contributed by atoms with E-state index >= 15 is 0 Å². The van der Waals surface area contributed by atoms with E-state index < -0.39 is 23.1 Å². The highest BCUT2D eigenvalue weighted by atomic mass is 32.2. The fourth-order valence-corrected chi connectivity index (χ4v) is 2.84. The molecule has 0 atom stereocenters. The van der Waals surface area contributed by atoms with Crippen LogP contribution in [0.25, 0.3) is 0 Å². The van der Waals surface area contributed by atoms with Gasteiger partial charge in [-0.1, -0.05) is 32.0 Å². The first-order chi connectivity index (χ1) is 11.7. The Kier molecular flexibility index (Phi) is 5.84. The molecule has 2 aromatic rings. The van der Waals surface area contributed by atoms with Gasteiger partial charge in [-0.05, 0) is 41.4 Å². The summed E-state index contributed by atoms with van der Waals surface area (Å²) < 4.78 is 42.0. The number of thioether (sulfide) groups is 1. The molecule has 25 heavy (non-hydrogen) atoms. The quantitative estimate of drug-likeness (QED) is 0.418. The van der Waals surface area contributed by atoms with Crippen LogP contribution < -0.4 is 0 Å². The maximum absolute atomic E-state index is 12.4. The van der Waals surface area contributed by atoms with E-state index in [0.29, 0.717) is 11.0 Å². The zero-order valence-corrected chi connectivity index (χ0v) is 14.1. The largest absolute Gasteiger partial charge is 0.433 e. The summed E-state index contributed by atoms with van der Waals surface area (Å²) in [5, 5.41) is -0.863. The number of alkyl halides is 3. The second-order valence-corrected chi connectivity index (χ2v) is 6.34. The molecule has 0 aliphatic carbocycles. The number of ether oxygens (including phenoxy) is 1. The van der Waals surface area contributed by atoms with Crippen LogP contribution in [0, 0.1) is 0 Å². The lowest BCUT2D eigenvalue weighted by molar-refractivity contribution is -0.141. The number of hydrogen-bond acceptors (Lipinski definition) is 5. The first-order valence-corrected chi connectivity index (χ1v) is 8.06. The Morgan fingerprint density at radius 1 is 1.12 bits per heavy atom. The van der Waals surface area contributed by atoms with Gasteiger partial charge in [-0.15, -0.1) is 0 Å². The Morgan fingerprint density at radius 2 is 1.80 bits per heavy atom. The monoisotopic (exact) mass is 369 g/mol. The number of hydrogen-bond donors (Lipinski definition) is 0. The molecule has 0 bridgehead atoms. The van der Waals surface area contributed by atoms with Crippen LogP contribution in [0.3, 0.4) is 0 Å². The number of esters is 1. The van der Waals surface area contributed by atoms with Crippen molar-refractivity contribution in [3.05, 3.63) is 59.4 Å². The number of rotatable bonds is 3. The summed E-state index contributed by atoms with van der Waals surface area (Å²) in [6.07, 6.45) is -3.88. The van der Waals surface area contributed by atoms with Crippen molar-refractivity contribution in [2.24, 2.45) is 0 Å². The molecule has 4 nitrogen and oxygen atoms in total. The third-order valence-corrected chi connectivity index (χ3v) is 4.04. The van der Waals surface area contributed by atoms with Crippen LogP contribution in [0.5, 0.6) is 0 Å². The molecule has 132 valence electrons. The van der Waals surface area contributed by atoms with Gasteiger partial charge in [-0.3, -0.25) is 4.98 Å². The Balaban J connectivity index is 2.05. The van der Waals surface area contributed by atoms with E-state index in [-0.39, 0.29) is 11.5 Å². The van der Waals surface area contributed by atoms with Crippen molar-refractivity contribution in [2.45, 2.75) is 30.8 Å². The predicted octanol–water partition coefficient (Wildman–Crippen LogP) is 5.29. The number of halogens is 3. The summed E-state index contributed by atoms with van der Waals surface area (Å²) in [6.45, 7) is 3.92. The Bertz CT molecular complexity index is 773. The van der Waals surface area contributed by atoms with Crippen molar-refractivity contribution in [1.29, 1.82) is 0 Å². The predicted molar refractivity (Wildman–Crippen MR) is 86.4 cm³/mol. The minimum atomic E-state index is -4.60. The minimum absolute atomic E-state index is 0.173. The molecule has 8 heteroatoms. The lowest BCUT2D eigenvalue weighted by Gasteiger charge is -2.11. The van der Waals surface area contributed by atoms with E-state index in [2.05, 4.69) is 9.72 Å². The van der Waals surface area contributed by atoms with Crippen molar-refractivity contribution >= 4 is 23.0 Å². The number of pyridine rings is 1. The van der Waals surface area contributed by atoms with Crippen LogP contribution in [0.4, 0.5) is 18.0 Å². The van der Waals surface area contributed by atoms with E-state index in [1.807, 2.05) is 26.0 Å². The number of carbonyl (C=O) groups excluding carboxylic acids is 2. The summed E-state index contributed by atoms with van der Waals surface area (Å²) in [4.78, 5) is 27.6. The molecule has 0 unspecified atom stereocenters. The Morgan fingerprint density at radius 3 is 2.36 bits per heavy atom. The smallest absolute Gasteiger partial charge is 0.381 e. The molecular formula is C17H14F3NO3S. The third-order valence-electron chi connectivity index (χ3n) is 3.20. The molecule has 0 radical (unpaired) electrons. The SMILES string of the molecule is CC(C)c1ccccc1SC(=O)OC(=O)c1ccc(C(F)(F)F)nc1. The Labute approximate surface area is 146 Å². The fraction of sp³-hybridized carbons (Fsp3) is 0.235. The van der Waals surface area contributed by atoms with Gasteiger partial charge in [0.1, 0.15) is 5.69 Å². The molecule has 1 aromatic heterocycles. The van der Waals surface area contributed by atoms with Crippen molar-refractivity contribution < 1.29 is 27.5 Å². The van der Waals surface area contributed by atoms with Gasteiger partial charge < -0.3 is 4.74 Å². The number of carbonyl (C=O) groups is 2. The average molecular weight is 369 g/mol. The second-order valence-electron chi connectivity index (χ2n) is 5.36. The molecule has 0 N–H and O–H groups in total. The van der Waals surface area contributed by atoms with Crippen molar-refractivity contribution in [2.75, 3.05) is 0 Å². The van der Waals surface area contributed by atoms with Crippen molar-refractivity contribution in [3.63, 3.8) is 0 Å². The van der Waals surface area contributed by atoms with Gasteiger partial charge in [-0.25, -0.2) is 9.59 Å². The zero-order valence-electron chi connectivity index (χ0n) is 13.3. The molecule has 0 amide bonds. The van der Waals surface area contributed by atoms with Gasteiger partial charge in [0.05, 0.1) is 5.56 Å². The van der Waals surface area contributed by atoms with E-state index in [9.17, 15) is 22.8 Å². The number of aromatic nitrogens is 1. The molecule has 1 heterocycles. The van der Waals surface area contributed by atoms with Gasteiger partial charge in [-0.2, -0.15) is 13.2 Å². The second kappa shape index (κ2) is 7.69. The maximum Gasteiger partial charge on any atom is 0.433 e. The van der Waals surface area contributed by atoms with Crippen LogP contribution in [-0.2, 0) is 10.9 Å². The first kappa shape index (κ1) is 19.0. The van der Waals surface area contributed by atoms with Gasteiger partial charge >= 0.3 is 17.4 Å². The molecule has 0 saturated heterocycles. The van der Waals surface area contributed by atoms with Crippen LogP contribution >= 0.6 is 11.8 Å². The highest BCUT2D eigenvalue weighted by Crippen LogP contribution is 2.30. The summed E-state index contributed by atoms with van der Waals surface area (Å²) in [5.74, 6) is -0.882. The van der Waals surface area contributed by atoms with E-state index in [1.165, 1.54) is 0 Å². The van der Waals surface area contributed by atoms with Crippen LogP contribution in [0.1, 0.15) is 41.4 Å². The first-order valence-electron chi connectivity index (χ1n) is 7.24. The van der Waals surface area contributed by atoms with E-state index in [0.717, 1.165) is 29.6 Å². The highest BCUT2D eigenvalue weighted by Gasteiger charge is 2.32. The van der Waals surface area contributed by atoms with Crippen molar-refractivity contribution in [3.8, 4) is 0 Å².